The molecule has 18 heavy (non-hydrogen) atoms. The predicted molar refractivity (Wildman–Crippen MR) is 67.8 cm³/mol. The Kier molecular flexibility index (Phi) is 4.60. The molecule has 2 heterocycles. The van der Waals surface area contributed by atoms with E-state index in [9.17, 15) is 8.42 Å². The fourth-order valence-electron chi connectivity index (χ4n) is 2.46. The van der Waals surface area contributed by atoms with Crippen LogP contribution in [0.2, 0.25) is 0 Å². The van der Waals surface area contributed by atoms with Crippen LogP contribution in [0.25, 0.3) is 0 Å². The summed E-state index contributed by atoms with van der Waals surface area (Å²) >= 11 is 0. The summed E-state index contributed by atoms with van der Waals surface area (Å²) in [6.45, 7) is 3.98. The van der Waals surface area contributed by atoms with Crippen molar-refractivity contribution in [1.82, 2.24) is 9.62 Å². The zero-order valence-electron chi connectivity index (χ0n) is 10.7. The molecule has 2 fully saturated rings. The lowest BCUT2D eigenvalue weighted by Gasteiger charge is -2.35. The van der Waals surface area contributed by atoms with Crippen molar-refractivity contribution < 1.29 is 18.3 Å². The summed E-state index contributed by atoms with van der Waals surface area (Å²) in [5.74, 6) is 0. The molecule has 2 aliphatic rings. The first-order valence-corrected chi connectivity index (χ1v) is 8.02. The van der Waals surface area contributed by atoms with Crippen LogP contribution in [0.3, 0.4) is 0 Å². The first-order chi connectivity index (χ1) is 8.53. The van der Waals surface area contributed by atoms with Crippen LogP contribution in [0.15, 0.2) is 0 Å². The molecule has 0 spiro atoms. The number of morpholine rings is 1. The molecule has 2 N–H and O–H groups in total. The third-order valence-corrected chi connectivity index (χ3v) is 5.54. The van der Waals surface area contributed by atoms with Gasteiger partial charge in [0.15, 0.2) is 0 Å². The van der Waals surface area contributed by atoms with E-state index in [2.05, 4.69) is 9.62 Å². The maximum atomic E-state index is 11.7. The van der Waals surface area contributed by atoms with Crippen molar-refractivity contribution in [2.75, 3.05) is 32.8 Å². The number of sulfonamides is 1. The molecule has 2 rings (SSSR count). The average molecular weight is 278 g/mol. The smallest absolute Gasteiger partial charge is 0.216 e. The third kappa shape index (κ3) is 3.21. The second kappa shape index (κ2) is 5.83. The lowest BCUT2D eigenvalue weighted by molar-refractivity contribution is -0.0449. The number of rotatable bonds is 5. The maximum Gasteiger partial charge on any atom is 0.216 e. The third-order valence-electron chi connectivity index (χ3n) is 3.76. The van der Waals surface area contributed by atoms with Crippen LogP contribution in [0, 0.1) is 0 Å². The van der Waals surface area contributed by atoms with E-state index in [1.54, 1.807) is 0 Å². The van der Waals surface area contributed by atoms with Gasteiger partial charge in [0, 0.05) is 19.1 Å². The summed E-state index contributed by atoms with van der Waals surface area (Å²) in [5.41, 5.74) is 0. The minimum Gasteiger partial charge on any atom is -0.395 e. The van der Waals surface area contributed by atoms with E-state index in [1.165, 1.54) is 19.8 Å². The van der Waals surface area contributed by atoms with Crippen LogP contribution in [-0.2, 0) is 14.8 Å². The Morgan fingerprint density at radius 1 is 1.56 bits per heavy atom. The molecule has 0 amide bonds. The molecule has 106 valence electrons. The van der Waals surface area contributed by atoms with Crippen molar-refractivity contribution >= 4 is 10.0 Å². The molecular formula is C11H22N2O4S. The van der Waals surface area contributed by atoms with E-state index in [4.69, 9.17) is 9.84 Å². The summed E-state index contributed by atoms with van der Waals surface area (Å²) in [6.07, 6.45) is 2.30. The number of aliphatic hydroxyl groups is 1. The standard InChI is InChI=1S/C11H22N2O4S/c1-9(7-14)18(15,16)12-5-11-6-13-4-2-3-10(13)8-17-11/h9-12,14H,2-8H2,1H3. The highest BCUT2D eigenvalue weighted by molar-refractivity contribution is 7.90. The molecule has 7 heteroatoms. The fraction of sp³-hybridized carbons (Fsp3) is 1.00. The lowest BCUT2D eigenvalue weighted by Crippen LogP contribution is -2.50. The van der Waals surface area contributed by atoms with Gasteiger partial charge in [0.2, 0.25) is 10.0 Å². The number of fused-ring (bicyclic) bond motifs is 1. The van der Waals surface area contributed by atoms with Crippen LogP contribution >= 0.6 is 0 Å². The number of nitrogens with zero attached hydrogens (tertiary/aromatic N) is 1. The van der Waals surface area contributed by atoms with E-state index in [1.807, 2.05) is 0 Å². The Bertz CT molecular complexity index is 373. The summed E-state index contributed by atoms with van der Waals surface area (Å²) in [7, 11) is -3.43. The SMILES string of the molecule is CC(CO)S(=O)(=O)NCC1CN2CCCC2CO1. The molecule has 3 atom stereocenters. The molecule has 0 aromatic rings. The van der Waals surface area contributed by atoms with Crippen molar-refractivity contribution in [3.05, 3.63) is 0 Å². The number of hydrogen-bond donors (Lipinski definition) is 2. The van der Waals surface area contributed by atoms with E-state index in [-0.39, 0.29) is 19.3 Å². The molecule has 0 aromatic carbocycles. The van der Waals surface area contributed by atoms with Gasteiger partial charge in [0.25, 0.3) is 0 Å². The quantitative estimate of drug-likeness (QED) is 0.685. The molecule has 2 saturated heterocycles. The summed E-state index contributed by atoms with van der Waals surface area (Å²) in [6, 6.07) is 0.522. The van der Waals surface area contributed by atoms with Gasteiger partial charge < -0.3 is 9.84 Å². The van der Waals surface area contributed by atoms with Crippen molar-refractivity contribution in [3.8, 4) is 0 Å². The zero-order chi connectivity index (χ0) is 13.2. The number of hydrogen-bond acceptors (Lipinski definition) is 5. The largest absolute Gasteiger partial charge is 0.395 e. The van der Waals surface area contributed by atoms with Crippen LogP contribution < -0.4 is 4.72 Å². The number of ether oxygens (including phenoxy) is 1. The van der Waals surface area contributed by atoms with Gasteiger partial charge in [-0.25, -0.2) is 13.1 Å². The van der Waals surface area contributed by atoms with Gasteiger partial charge in [-0.3, -0.25) is 4.90 Å². The van der Waals surface area contributed by atoms with Crippen molar-refractivity contribution in [1.29, 1.82) is 0 Å². The number of aliphatic hydroxyl groups excluding tert-OH is 1. The minimum absolute atomic E-state index is 0.0833. The van der Waals surface area contributed by atoms with Crippen LogP contribution in [0.1, 0.15) is 19.8 Å². The van der Waals surface area contributed by atoms with Gasteiger partial charge in [0.1, 0.15) is 0 Å². The van der Waals surface area contributed by atoms with Gasteiger partial charge in [-0.05, 0) is 26.3 Å². The maximum absolute atomic E-state index is 11.7. The molecule has 3 unspecified atom stereocenters. The van der Waals surface area contributed by atoms with Crippen LogP contribution in [0.4, 0.5) is 0 Å². The summed E-state index contributed by atoms with van der Waals surface area (Å²) in [4.78, 5) is 2.37. The van der Waals surface area contributed by atoms with Gasteiger partial charge in [0.05, 0.1) is 24.6 Å². The van der Waals surface area contributed by atoms with Crippen molar-refractivity contribution in [2.24, 2.45) is 0 Å². The topological polar surface area (TPSA) is 78.9 Å². The molecular weight excluding hydrogens is 256 g/mol. The molecule has 0 aliphatic carbocycles. The van der Waals surface area contributed by atoms with E-state index < -0.39 is 15.3 Å². The van der Waals surface area contributed by atoms with Crippen molar-refractivity contribution in [3.63, 3.8) is 0 Å². The van der Waals surface area contributed by atoms with Gasteiger partial charge in [-0.1, -0.05) is 0 Å². The predicted octanol–water partition coefficient (Wildman–Crippen LogP) is -0.850. The highest BCUT2D eigenvalue weighted by Crippen LogP contribution is 2.22. The average Bonchev–Trinajstić information content (AvgIpc) is 2.82. The first kappa shape index (κ1) is 14.2. The Hall–Kier alpha value is -0.210. The Morgan fingerprint density at radius 2 is 2.33 bits per heavy atom. The molecule has 6 nitrogen and oxygen atoms in total. The van der Waals surface area contributed by atoms with Crippen LogP contribution in [-0.4, -0.2) is 68.7 Å². The molecule has 0 bridgehead atoms. The van der Waals surface area contributed by atoms with E-state index in [0.717, 1.165) is 13.1 Å². The van der Waals surface area contributed by atoms with Gasteiger partial charge >= 0.3 is 0 Å². The van der Waals surface area contributed by atoms with E-state index in [0.29, 0.717) is 12.6 Å². The monoisotopic (exact) mass is 278 g/mol. The molecule has 0 radical (unpaired) electrons. The normalized spacial score (nSPS) is 31.2. The second-order valence-electron chi connectivity index (χ2n) is 5.13. The molecule has 2 aliphatic heterocycles. The Balaban J connectivity index is 1.80. The van der Waals surface area contributed by atoms with Crippen LogP contribution in [0.5, 0.6) is 0 Å². The van der Waals surface area contributed by atoms with Gasteiger partial charge in [-0.2, -0.15) is 0 Å². The first-order valence-electron chi connectivity index (χ1n) is 6.48. The second-order valence-corrected chi connectivity index (χ2v) is 7.32. The summed E-state index contributed by atoms with van der Waals surface area (Å²) < 4.78 is 31.6. The zero-order valence-corrected chi connectivity index (χ0v) is 11.5. The summed E-state index contributed by atoms with van der Waals surface area (Å²) in [5, 5.41) is 8.09. The lowest BCUT2D eigenvalue weighted by atomic mass is 10.2. The molecule has 0 aromatic heterocycles. The number of nitrogens with one attached hydrogen (secondary N) is 1. The highest BCUT2D eigenvalue weighted by Gasteiger charge is 2.32. The fourth-order valence-corrected chi connectivity index (χ4v) is 3.36. The van der Waals surface area contributed by atoms with Gasteiger partial charge in [-0.15, -0.1) is 0 Å². The highest BCUT2D eigenvalue weighted by atomic mass is 32.2. The van der Waals surface area contributed by atoms with Crippen molar-refractivity contribution in [2.45, 2.75) is 37.2 Å². The molecule has 0 saturated carbocycles. The Labute approximate surface area is 108 Å². The Morgan fingerprint density at radius 3 is 3.06 bits per heavy atom. The minimum atomic E-state index is -3.43. The van der Waals surface area contributed by atoms with E-state index >= 15 is 0 Å².